The van der Waals surface area contributed by atoms with E-state index in [4.69, 9.17) is 20.4 Å². The van der Waals surface area contributed by atoms with E-state index in [1.807, 2.05) is 0 Å². The minimum atomic E-state index is -9.81. The van der Waals surface area contributed by atoms with Crippen LogP contribution in [0.15, 0.2) is 0 Å². The molecule has 0 aliphatic rings. The fourth-order valence-corrected chi connectivity index (χ4v) is 0. The van der Waals surface area contributed by atoms with Crippen molar-refractivity contribution in [3.05, 3.63) is 0 Å². The number of hydrogen-bond acceptors (Lipinski definition) is 6. The van der Waals surface area contributed by atoms with E-state index < -0.39 is 13.3 Å². The normalized spacial score (nSPS) is 12.0. The van der Waals surface area contributed by atoms with Crippen molar-refractivity contribution in [1.29, 1.82) is 0 Å². The summed E-state index contributed by atoms with van der Waals surface area (Å²) in [6, 6.07) is 0. The van der Waals surface area contributed by atoms with Gasteiger partial charge in [-0.25, -0.2) is 0 Å². The Balaban J connectivity index is 8.86. The molecule has 0 N–H and O–H groups in total. The molecule has 0 atom stereocenters. The molecule has 0 amide bonds. The van der Waals surface area contributed by atoms with Gasteiger partial charge in [0.2, 0.25) is 0 Å². The summed E-state index contributed by atoms with van der Waals surface area (Å²) in [5, 5.41) is 0. The molecule has 0 saturated heterocycles. The Morgan fingerprint density at radius 1 is 0.571 bits per heavy atom. The number of hydrogen-bond donors (Lipinski definition) is 0. The van der Waals surface area contributed by atoms with E-state index in [0.29, 0.717) is 0 Å². The first-order valence-corrected chi connectivity index (χ1v) is 8.19. The van der Waals surface area contributed by atoms with Gasteiger partial charge in [0.15, 0.2) is 0 Å². The van der Waals surface area contributed by atoms with Crippen LogP contribution >= 0.6 is 0 Å². The first kappa shape index (κ1) is 6.49. The van der Waals surface area contributed by atoms with Crippen molar-refractivity contribution in [1.82, 2.24) is 0 Å². The maximum atomic E-state index is 8.68. The van der Waals surface area contributed by atoms with Crippen LogP contribution in [-0.4, -0.2) is 0 Å². The zero-order valence-corrected chi connectivity index (χ0v) is 5.79. The van der Waals surface area contributed by atoms with Crippen molar-refractivity contribution in [2.24, 2.45) is 0 Å². The Hall–Kier alpha value is -0.512. The molecule has 6 nitrogen and oxygen atoms in total. The Morgan fingerprint density at radius 3 is 0.571 bits per heavy atom. The second-order valence-electron chi connectivity index (χ2n) is 1.02. The fraction of sp³-hybridized carbons (Fsp3) is 0. The zero-order valence-electron chi connectivity index (χ0n) is 2.86. The van der Waals surface area contributed by atoms with Gasteiger partial charge in [-0.05, 0) is 0 Å². The van der Waals surface area contributed by atoms with Crippen molar-refractivity contribution in [2.75, 3.05) is 0 Å². The molecular weight excluding hydrogens is 280 g/mol. The average Bonchev–Trinajstić information content (AvgIpc) is 0.592. The van der Waals surface area contributed by atoms with Crippen molar-refractivity contribution < 1.29 is 33.7 Å². The predicted molar refractivity (Wildman–Crippen MR) is 4.12 cm³/mol. The van der Waals surface area contributed by atoms with E-state index >= 15 is 0 Å². The van der Waals surface area contributed by atoms with Gasteiger partial charge >= 0.3 is 33.7 Å². The SMILES string of the molecule is [O]=[W](=[O])(=[O])(=[O])(=[O])=[O]. The first-order valence-electron chi connectivity index (χ1n) is 1.00. The van der Waals surface area contributed by atoms with Crippen LogP contribution in [0.2, 0.25) is 0 Å². The third-order valence-corrected chi connectivity index (χ3v) is 0. The Morgan fingerprint density at radius 2 is 0.571 bits per heavy atom. The molecule has 0 aromatic rings. The first-order chi connectivity index (χ1) is 2.45. The molecule has 0 bridgehead atoms. The van der Waals surface area contributed by atoms with Gasteiger partial charge in [0.05, 0.1) is 0 Å². The summed E-state index contributed by atoms with van der Waals surface area (Å²) in [5.74, 6) is 0. The third kappa shape index (κ3) is 255. The maximum absolute atomic E-state index is 9.81. The molecule has 0 spiro atoms. The van der Waals surface area contributed by atoms with E-state index in [2.05, 4.69) is 0 Å². The van der Waals surface area contributed by atoms with Crippen molar-refractivity contribution in [3.63, 3.8) is 0 Å². The topological polar surface area (TPSA) is 102 Å². The molecule has 0 radical (unpaired) electrons. The molecule has 0 rings (SSSR count). The van der Waals surface area contributed by atoms with Crippen LogP contribution in [0.4, 0.5) is 0 Å². The van der Waals surface area contributed by atoms with Crippen LogP contribution in [0, 0.1) is 0 Å². The Kier molecular flexibility index (Phi) is 0.488. The Labute approximate surface area is 34.4 Å². The quantitative estimate of drug-likeness (QED) is 0.580. The zero-order chi connectivity index (χ0) is 6.41. The van der Waals surface area contributed by atoms with E-state index in [9.17, 15) is 0 Å². The van der Waals surface area contributed by atoms with E-state index in [1.54, 1.807) is 0 Å². The van der Waals surface area contributed by atoms with Gasteiger partial charge in [-0.2, -0.15) is 0 Å². The fourth-order valence-electron chi connectivity index (χ4n) is 0. The van der Waals surface area contributed by atoms with Crippen LogP contribution in [-0.2, 0) is 33.7 Å². The van der Waals surface area contributed by atoms with Gasteiger partial charge in [0.25, 0.3) is 0 Å². The molecule has 0 aromatic heterocycles. The van der Waals surface area contributed by atoms with Gasteiger partial charge in [0, 0.05) is 0 Å². The number of rotatable bonds is 0. The summed E-state index contributed by atoms with van der Waals surface area (Å²) in [6.45, 7) is 0. The third-order valence-electron chi connectivity index (χ3n) is 0. The molecule has 7 heteroatoms. The molecule has 7 heavy (non-hydrogen) atoms. The van der Waals surface area contributed by atoms with Crippen LogP contribution < -0.4 is 0 Å². The minimum absolute atomic E-state index is 8.68. The van der Waals surface area contributed by atoms with Gasteiger partial charge < -0.3 is 0 Å². The van der Waals surface area contributed by atoms with Gasteiger partial charge in [-0.3, -0.25) is 0 Å². The average molecular weight is 280 g/mol. The molecule has 0 aromatic carbocycles. The van der Waals surface area contributed by atoms with Gasteiger partial charge in [-0.15, -0.1) is 0 Å². The summed E-state index contributed by atoms with van der Waals surface area (Å²) < 4.78 is 52.1. The standard InChI is InChI=1S/6O.W. The van der Waals surface area contributed by atoms with Gasteiger partial charge in [0.1, 0.15) is 0 Å². The second-order valence-corrected chi connectivity index (χ2v) is 8.35. The molecular formula is O6W. The summed E-state index contributed by atoms with van der Waals surface area (Å²) >= 11 is -9.81. The van der Waals surface area contributed by atoms with Crippen molar-refractivity contribution in [3.8, 4) is 0 Å². The molecule has 0 unspecified atom stereocenters. The van der Waals surface area contributed by atoms with Crippen LogP contribution in [0.1, 0.15) is 0 Å². The monoisotopic (exact) mass is 280 g/mol. The van der Waals surface area contributed by atoms with Crippen LogP contribution in [0.5, 0.6) is 0 Å². The molecule has 0 saturated carbocycles. The molecule has 42 valence electrons. The molecule has 0 aliphatic carbocycles. The molecule has 0 heterocycles. The van der Waals surface area contributed by atoms with E-state index in [1.165, 1.54) is 0 Å². The summed E-state index contributed by atoms with van der Waals surface area (Å²) in [5.41, 5.74) is 0. The van der Waals surface area contributed by atoms with Crippen molar-refractivity contribution in [2.45, 2.75) is 0 Å². The van der Waals surface area contributed by atoms with Crippen LogP contribution in [0.25, 0.3) is 0 Å². The van der Waals surface area contributed by atoms with Crippen LogP contribution in [0.3, 0.4) is 0 Å². The van der Waals surface area contributed by atoms with E-state index in [-0.39, 0.29) is 0 Å². The van der Waals surface area contributed by atoms with Crippen molar-refractivity contribution >= 4 is 0 Å². The summed E-state index contributed by atoms with van der Waals surface area (Å²) in [6.07, 6.45) is 0. The van der Waals surface area contributed by atoms with Gasteiger partial charge in [-0.1, -0.05) is 0 Å². The predicted octanol–water partition coefficient (Wildman–Crippen LogP) is -0.715. The molecule has 0 fully saturated rings. The summed E-state index contributed by atoms with van der Waals surface area (Å²) in [7, 11) is 0. The second kappa shape index (κ2) is 0.527. The Bertz CT molecular complexity index is 432. The summed E-state index contributed by atoms with van der Waals surface area (Å²) in [4.78, 5) is 0. The van der Waals surface area contributed by atoms with E-state index in [0.717, 1.165) is 0 Å². The molecule has 0 aliphatic heterocycles.